The molecule has 1 unspecified atom stereocenters. The number of hydrogen-bond donors (Lipinski definition) is 1. The first-order valence-electron chi connectivity index (χ1n) is 12.0. The fraction of sp³-hybridized carbons (Fsp3) is 0.800. The van der Waals surface area contributed by atoms with Gasteiger partial charge in [-0.2, -0.15) is 0 Å². The fourth-order valence-corrected chi connectivity index (χ4v) is 3.31. The van der Waals surface area contributed by atoms with Crippen molar-refractivity contribution in [2.75, 3.05) is 19.8 Å². The van der Waals surface area contributed by atoms with Gasteiger partial charge in [-0.25, -0.2) is 0 Å². The molecule has 186 valence electrons. The summed E-state index contributed by atoms with van der Waals surface area (Å²) >= 11 is 0. The molecule has 0 saturated carbocycles. The summed E-state index contributed by atoms with van der Waals surface area (Å²) in [5, 5.41) is 0. The van der Waals surface area contributed by atoms with Crippen molar-refractivity contribution < 1.29 is 28.6 Å². The van der Waals surface area contributed by atoms with Crippen molar-refractivity contribution in [2.24, 2.45) is 23.5 Å². The largest absolute Gasteiger partial charge is 0.498 e. The van der Waals surface area contributed by atoms with E-state index in [9.17, 15) is 14.4 Å². The van der Waals surface area contributed by atoms with Crippen molar-refractivity contribution in [3.05, 3.63) is 12.3 Å². The first-order valence-corrected chi connectivity index (χ1v) is 12.0. The molecular weight excluding hydrogens is 410 g/mol. The second kappa shape index (κ2) is 17.6. The number of hydrogen-bond acceptors (Lipinski definition) is 7. The van der Waals surface area contributed by atoms with Crippen molar-refractivity contribution in [1.82, 2.24) is 0 Å². The molecule has 0 aromatic heterocycles. The van der Waals surface area contributed by atoms with Gasteiger partial charge in [0.15, 0.2) is 0 Å². The lowest BCUT2D eigenvalue weighted by Crippen LogP contribution is -2.38. The lowest BCUT2D eigenvalue weighted by molar-refractivity contribution is -0.160. The lowest BCUT2D eigenvalue weighted by Gasteiger charge is -2.32. The number of ether oxygens (including phenoxy) is 3. The van der Waals surface area contributed by atoms with Gasteiger partial charge in [0.05, 0.1) is 19.0 Å². The molecule has 0 amide bonds. The van der Waals surface area contributed by atoms with E-state index < -0.39 is 12.1 Å². The number of unbranched alkanes of at least 4 members (excludes halogenated alkanes) is 3. The zero-order chi connectivity index (χ0) is 24.5. The Kier molecular flexibility index (Phi) is 16.6. The molecule has 32 heavy (non-hydrogen) atoms. The number of ketones is 1. The van der Waals surface area contributed by atoms with E-state index in [1.807, 2.05) is 20.8 Å². The second-order valence-electron chi connectivity index (χ2n) is 8.88. The van der Waals surface area contributed by atoms with E-state index in [2.05, 4.69) is 13.5 Å². The summed E-state index contributed by atoms with van der Waals surface area (Å²) in [5.41, 5.74) is 5.45. The van der Waals surface area contributed by atoms with Crippen molar-refractivity contribution in [3.63, 3.8) is 0 Å². The van der Waals surface area contributed by atoms with Crippen LogP contribution in [0.3, 0.4) is 0 Å². The van der Waals surface area contributed by atoms with Crippen LogP contribution in [0.1, 0.15) is 86.0 Å². The third kappa shape index (κ3) is 14.2. The maximum atomic E-state index is 12.2. The van der Waals surface area contributed by atoms with E-state index in [0.717, 1.165) is 37.9 Å². The van der Waals surface area contributed by atoms with Crippen LogP contribution in [0, 0.1) is 17.8 Å². The molecule has 2 N–H and O–H groups in total. The minimum Gasteiger partial charge on any atom is -0.498 e. The van der Waals surface area contributed by atoms with Gasteiger partial charge in [-0.15, -0.1) is 0 Å². The van der Waals surface area contributed by atoms with Gasteiger partial charge in [-0.05, 0) is 44.6 Å². The van der Waals surface area contributed by atoms with E-state index in [-0.39, 0.29) is 42.5 Å². The predicted octanol–water partition coefficient (Wildman–Crippen LogP) is 4.57. The van der Waals surface area contributed by atoms with E-state index in [1.165, 1.54) is 6.92 Å². The topological polar surface area (TPSA) is 105 Å². The van der Waals surface area contributed by atoms with Crippen LogP contribution in [-0.4, -0.2) is 43.6 Å². The summed E-state index contributed by atoms with van der Waals surface area (Å²) in [6.07, 6.45) is 5.18. The molecule has 4 atom stereocenters. The number of nitrogens with two attached hydrogens (primary N) is 1. The van der Waals surface area contributed by atoms with Gasteiger partial charge in [-0.3, -0.25) is 14.4 Å². The zero-order valence-electron chi connectivity index (χ0n) is 20.8. The van der Waals surface area contributed by atoms with Gasteiger partial charge in [0.25, 0.3) is 0 Å². The first kappa shape index (κ1) is 30.1. The average Bonchev–Trinajstić information content (AvgIpc) is 2.73. The minimum atomic E-state index is -0.562. The SMILES string of the molecule is C=C(CCCCC)OCC(C)[C@@H](C)[C@@H](OC(=O)CC(C)=O)[C@@H](C)COC(=O)CCCCN. The molecule has 0 aromatic carbocycles. The number of esters is 2. The number of rotatable bonds is 19. The maximum Gasteiger partial charge on any atom is 0.313 e. The summed E-state index contributed by atoms with van der Waals surface area (Å²) in [6.45, 7) is 14.5. The van der Waals surface area contributed by atoms with Crippen LogP contribution >= 0.6 is 0 Å². The average molecular weight is 456 g/mol. The summed E-state index contributed by atoms with van der Waals surface area (Å²) in [4.78, 5) is 35.5. The predicted molar refractivity (Wildman–Crippen MR) is 126 cm³/mol. The molecule has 0 heterocycles. The zero-order valence-corrected chi connectivity index (χ0v) is 20.8. The van der Waals surface area contributed by atoms with Crippen LogP contribution in [0.25, 0.3) is 0 Å². The van der Waals surface area contributed by atoms with Gasteiger partial charge in [0, 0.05) is 18.8 Å². The van der Waals surface area contributed by atoms with Crippen LogP contribution in [0.2, 0.25) is 0 Å². The van der Waals surface area contributed by atoms with Crippen molar-refractivity contribution in [1.29, 1.82) is 0 Å². The van der Waals surface area contributed by atoms with Crippen molar-refractivity contribution in [3.8, 4) is 0 Å². The van der Waals surface area contributed by atoms with E-state index >= 15 is 0 Å². The van der Waals surface area contributed by atoms with Gasteiger partial charge < -0.3 is 19.9 Å². The Morgan fingerprint density at radius 1 is 0.875 bits per heavy atom. The molecule has 0 aliphatic rings. The van der Waals surface area contributed by atoms with Crippen molar-refractivity contribution >= 4 is 17.7 Å². The van der Waals surface area contributed by atoms with Crippen LogP contribution in [-0.2, 0) is 28.6 Å². The molecule has 0 rings (SSSR count). The summed E-state index contributed by atoms with van der Waals surface area (Å²) in [7, 11) is 0. The highest BCUT2D eigenvalue weighted by Crippen LogP contribution is 2.26. The summed E-state index contributed by atoms with van der Waals surface area (Å²) in [5.74, 6) is -0.563. The molecule has 0 aliphatic carbocycles. The summed E-state index contributed by atoms with van der Waals surface area (Å²) in [6, 6.07) is 0. The highest BCUT2D eigenvalue weighted by atomic mass is 16.6. The van der Waals surface area contributed by atoms with Gasteiger partial charge in [-0.1, -0.05) is 47.1 Å². The second-order valence-corrected chi connectivity index (χ2v) is 8.88. The van der Waals surface area contributed by atoms with E-state index in [0.29, 0.717) is 26.0 Å². The monoisotopic (exact) mass is 455 g/mol. The fourth-order valence-electron chi connectivity index (χ4n) is 3.31. The highest BCUT2D eigenvalue weighted by molar-refractivity contribution is 5.94. The molecular formula is C25H45NO6. The van der Waals surface area contributed by atoms with E-state index in [4.69, 9.17) is 19.9 Å². The third-order valence-corrected chi connectivity index (χ3v) is 5.59. The number of Topliss-reactive ketones (excluding diaryl/α,β-unsaturated/α-hetero) is 1. The molecule has 0 aliphatic heterocycles. The van der Waals surface area contributed by atoms with E-state index in [1.54, 1.807) is 0 Å². The Bertz CT molecular complexity index is 577. The molecule has 0 radical (unpaired) electrons. The third-order valence-electron chi connectivity index (χ3n) is 5.59. The standard InChI is InChI=1S/C25H45NO6/c1-7-8-9-12-21(5)30-16-18(2)22(6)25(32-24(29)15-20(4)27)19(3)17-31-23(28)13-10-11-14-26/h18-19,22,25H,5,7-17,26H2,1-4,6H3/t18?,19-,22+,25-/m0/s1. The molecule has 0 fully saturated rings. The van der Waals surface area contributed by atoms with Crippen LogP contribution in [0.15, 0.2) is 12.3 Å². The molecule has 7 heteroatoms. The Hall–Kier alpha value is -1.89. The summed E-state index contributed by atoms with van der Waals surface area (Å²) < 4.78 is 16.9. The van der Waals surface area contributed by atoms with Crippen LogP contribution in [0.4, 0.5) is 0 Å². The number of carbonyl (C=O) groups excluding carboxylic acids is 3. The van der Waals surface area contributed by atoms with Gasteiger partial charge in [0.1, 0.15) is 18.3 Å². The highest BCUT2D eigenvalue weighted by Gasteiger charge is 2.32. The van der Waals surface area contributed by atoms with Gasteiger partial charge >= 0.3 is 11.9 Å². The van der Waals surface area contributed by atoms with Crippen molar-refractivity contribution in [2.45, 2.75) is 92.1 Å². The Balaban J connectivity index is 4.93. The smallest absolute Gasteiger partial charge is 0.313 e. The molecule has 0 aromatic rings. The molecule has 7 nitrogen and oxygen atoms in total. The number of carbonyl (C=O) groups is 3. The van der Waals surface area contributed by atoms with Crippen LogP contribution < -0.4 is 5.73 Å². The Morgan fingerprint density at radius 2 is 1.50 bits per heavy atom. The first-order chi connectivity index (χ1) is 15.1. The molecule has 0 spiro atoms. The normalized spacial score (nSPS) is 14.7. The molecule has 0 bridgehead atoms. The van der Waals surface area contributed by atoms with Gasteiger partial charge in [0.2, 0.25) is 0 Å². The van der Waals surface area contributed by atoms with Crippen LogP contribution in [0.5, 0.6) is 0 Å². The minimum absolute atomic E-state index is 0.0655. The maximum absolute atomic E-state index is 12.2. The Labute approximate surface area is 194 Å². The quantitative estimate of drug-likeness (QED) is 0.132. The lowest BCUT2D eigenvalue weighted by atomic mass is 9.85. The Morgan fingerprint density at radius 3 is 2.09 bits per heavy atom. The number of allylic oxidation sites excluding steroid dienone is 1. The molecule has 0 saturated heterocycles.